The molecule has 0 bridgehead atoms. The lowest BCUT2D eigenvalue weighted by atomic mass is 10.1. The monoisotopic (exact) mass is 319 g/mol. The standard InChI is InChI=1S/C11H14BrNO3S/c1-17(15,16)10-9(11(10,13)6-14)7-2-4-8(12)5-3-7/h2-5,9-10,14H,6,13H2,1H3/t9-,10+,11+/m0/s1. The molecule has 1 saturated carbocycles. The predicted molar refractivity (Wildman–Crippen MR) is 69.5 cm³/mol. The van der Waals surface area contributed by atoms with E-state index >= 15 is 0 Å². The third kappa shape index (κ3) is 2.14. The van der Waals surface area contributed by atoms with Crippen molar-refractivity contribution in [1.29, 1.82) is 0 Å². The van der Waals surface area contributed by atoms with Crippen LogP contribution in [0.1, 0.15) is 11.5 Å². The molecule has 2 rings (SSSR count). The lowest BCUT2D eigenvalue weighted by molar-refractivity contribution is 0.253. The Morgan fingerprint density at radius 1 is 1.41 bits per heavy atom. The van der Waals surface area contributed by atoms with Gasteiger partial charge in [0.05, 0.1) is 17.4 Å². The van der Waals surface area contributed by atoms with Crippen LogP contribution in [-0.2, 0) is 9.84 Å². The van der Waals surface area contributed by atoms with E-state index in [1.807, 2.05) is 24.3 Å². The van der Waals surface area contributed by atoms with Gasteiger partial charge in [0, 0.05) is 16.6 Å². The molecule has 94 valence electrons. The third-order valence-electron chi connectivity index (χ3n) is 3.27. The Kier molecular flexibility index (Phi) is 3.10. The summed E-state index contributed by atoms with van der Waals surface area (Å²) in [5.74, 6) is -0.324. The molecule has 4 nitrogen and oxygen atoms in total. The summed E-state index contributed by atoms with van der Waals surface area (Å²) in [4.78, 5) is 0. The first-order valence-corrected chi connectivity index (χ1v) is 7.89. The third-order valence-corrected chi connectivity index (χ3v) is 5.43. The number of aliphatic hydroxyl groups is 1. The highest BCUT2D eigenvalue weighted by atomic mass is 79.9. The lowest BCUT2D eigenvalue weighted by Crippen LogP contribution is -2.34. The van der Waals surface area contributed by atoms with Crippen molar-refractivity contribution in [3.05, 3.63) is 34.3 Å². The molecule has 1 aliphatic carbocycles. The molecule has 0 amide bonds. The molecule has 1 aromatic rings. The summed E-state index contributed by atoms with van der Waals surface area (Å²) in [5.41, 5.74) is 5.76. The van der Waals surface area contributed by atoms with Crippen LogP contribution in [0.15, 0.2) is 28.7 Å². The molecule has 1 aliphatic rings. The molecule has 0 aliphatic heterocycles. The smallest absolute Gasteiger partial charge is 0.152 e. The van der Waals surface area contributed by atoms with Crippen LogP contribution in [0.4, 0.5) is 0 Å². The van der Waals surface area contributed by atoms with Crippen molar-refractivity contribution < 1.29 is 13.5 Å². The Bertz CT molecular complexity index is 528. The van der Waals surface area contributed by atoms with Crippen LogP contribution in [0.5, 0.6) is 0 Å². The Labute approximate surface area is 109 Å². The summed E-state index contributed by atoms with van der Waals surface area (Å²) in [6.07, 6.45) is 1.16. The van der Waals surface area contributed by atoms with Crippen LogP contribution in [-0.4, -0.2) is 37.2 Å². The van der Waals surface area contributed by atoms with Gasteiger partial charge in [0.2, 0.25) is 0 Å². The van der Waals surface area contributed by atoms with E-state index in [1.54, 1.807) is 0 Å². The largest absolute Gasteiger partial charge is 0.394 e. The Morgan fingerprint density at radius 2 is 1.94 bits per heavy atom. The van der Waals surface area contributed by atoms with Gasteiger partial charge in [-0.05, 0) is 17.7 Å². The highest BCUT2D eigenvalue weighted by Crippen LogP contribution is 2.53. The zero-order valence-electron chi connectivity index (χ0n) is 9.30. The summed E-state index contributed by atoms with van der Waals surface area (Å²) in [6, 6.07) is 7.34. The van der Waals surface area contributed by atoms with Crippen LogP contribution >= 0.6 is 15.9 Å². The van der Waals surface area contributed by atoms with Gasteiger partial charge in [-0.2, -0.15) is 0 Å². The SMILES string of the molecule is CS(=O)(=O)[C@@H]1[C@H](c2ccc(Br)cc2)[C@]1(N)CO. The minimum absolute atomic E-state index is 0.324. The molecule has 1 aromatic carbocycles. The van der Waals surface area contributed by atoms with Crippen LogP contribution in [0.3, 0.4) is 0 Å². The van der Waals surface area contributed by atoms with Gasteiger partial charge in [-0.25, -0.2) is 8.42 Å². The van der Waals surface area contributed by atoms with Crippen molar-refractivity contribution >= 4 is 25.8 Å². The highest BCUT2D eigenvalue weighted by molar-refractivity contribution is 9.10. The van der Waals surface area contributed by atoms with E-state index in [1.165, 1.54) is 0 Å². The second-order valence-corrected chi connectivity index (χ2v) is 7.63. The molecule has 3 atom stereocenters. The van der Waals surface area contributed by atoms with Crippen LogP contribution in [0.2, 0.25) is 0 Å². The first kappa shape index (κ1) is 13.0. The molecule has 6 heteroatoms. The van der Waals surface area contributed by atoms with Crippen molar-refractivity contribution in [3.63, 3.8) is 0 Å². The number of aliphatic hydroxyl groups excluding tert-OH is 1. The van der Waals surface area contributed by atoms with Gasteiger partial charge in [-0.3, -0.25) is 0 Å². The van der Waals surface area contributed by atoms with Gasteiger partial charge in [0.25, 0.3) is 0 Å². The Morgan fingerprint density at radius 3 is 2.29 bits per heavy atom. The number of nitrogens with two attached hydrogens (primary N) is 1. The number of hydrogen-bond acceptors (Lipinski definition) is 4. The first-order valence-electron chi connectivity index (χ1n) is 5.15. The lowest BCUT2D eigenvalue weighted by Gasteiger charge is -2.06. The maximum absolute atomic E-state index is 11.6. The fraction of sp³-hybridized carbons (Fsp3) is 0.455. The van der Waals surface area contributed by atoms with Gasteiger partial charge in [0.15, 0.2) is 9.84 Å². The molecule has 17 heavy (non-hydrogen) atoms. The van der Waals surface area contributed by atoms with E-state index in [0.717, 1.165) is 16.3 Å². The molecule has 1 fully saturated rings. The van der Waals surface area contributed by atoms with E-state index in [9.17, 15) is 13.5 Å². The van der Waals surface area contributed by atoms with Crippen molar-refractivity contribution in [2.24, 2.45) is 5.73 Å². The summed E-state index contributed by atoms with van der Waals surface area (Å²) in [6.45, 7) is -0.328. The summed E-state index contributed by atoms with van der Waals surface area (Å²) < 4.78 is 24.2. The summed E-state index contributed by atoms with van der Waals surface area (Å²) >= 11 is 3.32. The Balaban J connectivity index is 2.37. The zero-order valence-corrected chi connectivity index (χ0v) is 11.7. The van der Waals surface area contributed by atoms with Gasteiger partial charge in [-0.1, -0.05) is 28.1 Å². The minimum Gasteiger partial charge on any atom is -0.394 e. The maximum Gasteiger partial charge on any atom is 0.152 e. The molecule has 0 saturated heterocycles. The number of halogens is 1. The van der Waals surface area contributed by atoms with Crippen molar-refractivity contribution in [2.45, 2.75) is 16.7 Å². The predicted octanol–water partition coefficient (Wildman–Crippen LogP) is 0.649. The van der Waals surface area contributed by atoms with Crippen molar-refractivity contribution in [1.82, 2.24) is 0 Å². The van der Waals surface area contributed by atoms with Crippen LogP contribution in [0.25, 0.3) is 0 Å². The Hall–Kier alpha value is -0.430. The van der Waals surface area contributed by atoms with E-state index in [2.05, 4.69) is 15.9 Å². The molecular weight excluding hydrogens is 306 g/mol. The quantitative estimate of drug-likeness (QED) is 0.857. The molecule has 3 N–H and O–H groups in total. The molecular formula is C11H14BrNO3S. The van der Waals surface area contributed by atoms with Gasteiger partial charge < -0.3 is 10.8 Å². The topological polar surface area (TPSA) is 80.4 Å². The number of benzene rings is 1. The first-order chi connectivity index (χ1) is 7.80. The normalized spacial score (nSPS) is 32.5. The minimum atomic E-state index is -3.25. The zero-order chi connectivity index (χ0) is 12.8. The van der Waals surface area contributed by atoms with Crippen molar-refractivity contribution in [3.8, 4) is 0 Å². The fourth-order valence-electron chi connectivity index (χ4n) is 2.41. The second-order valence-electron chi connectivity index (χ2n) is 4.55. The fourth-order valence-corrected chi connectivity index (χ4v) is 4.52. The van der Waals surface area contributed by atoms with Gasteiger partial charge >= 0.3 is 0 Å². The molecule has 0 aromatic heterocycles. The van der Waals surface area contributed by atoms with E-state index in [-0.39, 0.29) is 12.5 Å². The van der Waals surface area contributed by atoms with Crippen molar-refractivity contribution in [2.75, 3.05) is 12.9 Å². The molecule has 0 unspecified atom stereocenters. The molecule has 0 radical (unpaired) electrons. The van der Waals surface area contributed by atoms with E-state index in [0.29, 0.717) is 0 Å². The average Bonchev–Trinajstić information content (AvgIpc) is 2.87. The number of sulfone groups is 1. The number of hydrogen-bond donors (Lipinski definition) is 2. The van der Waals surface area contributed by atoms with Crippen LogP contribution in [0, 0.1) is 0 Å². The van der Waals surface area contributed by atoms with Crippen LogP contribution < -0.4 is 5.73 Å². The van der Waals surface area contributed by atoms with E-state index in [4.69, 9.17) is 5.73 Å². The van der Waals surface area contributed by atoms with E-state index < -0.39 is 20.6 Å². The molecule has 0 heterocycles. The number of rotatable bonds is 3. The highest BCUT2D eigenvalue weighted by Gasteiger charge is 2.67. The maximum atomic E-state index is 11.6. The van der Waals surface area contributed by atoms with Gasteiger partial charge in [0.1, 0.15) is 0 Å². The summed E-state index contributed by atoms with van der Waals surface area (Å²) in [7, 11) is -3.25. The average molecular weight is 320 g/mol. The van der Waals surface area contributed by atoms with Gasteiger partial charge in [-0.15, -0.1) is 0 Å². The molecule has 0 spiro atoms. The summed E-state index contributed by atoms with van der Waals surface area (Å²) in [5, 5.41) is 8.59. The second kappa shape index (κ2) is 4.05.